The third-order valence-electron chi connectivity index (χ3n) is 6.27. The molecular formula is C26H24ClNO2. The fourth-order valence-corrected chi connectivity index (χ4v) is 4.95. The lowest BCUT2D eigenvalue weighted by molar-refractivity contribution is -0.120. The van der Waals surface area contributed by atoms with Gasteiger partial charge in [-0.15, -0.1) is 0 Å². The molecule has 0 saturated heterocycles. The van der Waals surface area contributed by atoms with E-state index in [1.54, 1.807) is 0 Å². The van der Waals surface area contributed by atoms with Gasteiger partial charge in [-0.2, -0.15) is 0 Å². The van der Waals surface area contributed by atoms with Crippen molar-refractivity contribution in [3.63, 3.8) is 0 Å². The molecule has 0 aromatic heterocycles. The maximum absolute atomic E-state index is 14.0. The maximum atomic E-state index is 14.0. The molecule has 4 heteroatoms. The van der Waals surface area contributed by atoms with E-state index in [0.717, 1.165) is 45.8 Å². The third kappa shape index (κ3) is 2.76. The predicted octanol–water partition coefficient (Wildman–Crippen LogP) is 6.35. The molecule has 1 amide bonds. The van der Waals surface area contributed by atoms with E-state index in [1.807, 2.05) is 73.3 Å². The fraction of sp³-hybridized carbons (Fsp3) is 0.269. The highest BCUT2D eigenvalue weighted by Gasteiger charge is 2.50. The zero-order chi connectivity index (χ0) is 21.3. The van der Waals surface area contributed by atoms with Crippen molar-refractivity contribution in [2.24, 2.45) is 0 Å². The van der Waals surface area contributed by atoms with Crippen LogP contribution in [0.1, 0.15) is 43.0 Å². The number of rotatable bonds is 2. The lowest BCUT2D eigenvalue weighted by Crippen LogP contribution is -2.36. The summed E-state index contributed by atoms with van der Waals surface area (Å²) in [5.41, 5.74) is 4.85. The van der Waals surface area contributed by atoms with Gasteiger partial charge in [-0.3, -0.25) is 9.69 Å². The van der Waals surface area contributed by atoms with Crippen LogP contribution in [0.4, 0.5) is 11.4 Å². The second kappa shape index (κ2) is 6.36. The number of aryl methyl sites for hydroxylation is 1. The molecule has 2 aliphatic heterocycles. The summed E-state index contributed by atoms with van der Waals surface area (Å²) >= 11 is 6.39. The van der Waals surface area contributed by atoms with Gasteiger partial charge in [-0.1, -0.05) is 35.9 Å². The number of carbonyl (C=O) groups is 1. The predicted molar refractivity (Wildman–Crippen MR) is 121 cm³/mol. The van der Waals surface area contributed by atoms with Crippen molar-refractivity contribution in [1.29, 1.82) is 0 Å². The minimum atomic E-state index is -0.828. The summed E-state index contributed by atoms with van der Waals surface area (Å²) in [5.74, 6) is 0.933. The molecule has 3 aromatic carbocycles. The normalized spacial score (nSPS) is 21.4. The van der Waals surface area contributed by atoms with Crippen LogP contribution < -0.4 is 9.64 Å². The SMILES string of the molecule is Cc1cccc(N2C(=O)C(C)(c3ccc4c(c3)CC(C)(C)O4)c3cc(Cl)ccc32)c1. The Kier molecular flexibility index (Phi) is 4.07. The van der Waals surface area contributed by atoms with Gasteiger partial charge in [0.25, 0.3) is 0 Å². The molecule has 3 aromatic rings. The van der Waals surface area contributed by atoms with Crippen LogP contribution in [-0.2, 0) is 16.6 Å². The molecule has 0 bridgehead atoms. The number of amides is 1. The second-order valence-electron chi connectivity index (χ2n) is 9.13. The Morgan fingerprint density at radius 3 is 2.57 bits per heavy atom. The highest BCUT2D eigenvalue weighted by atomic mass is 35.5. The number of halogens is 1. The van der Waals surface area contributed by atoms with Crippen LogP contribution in [0.3, 0.4) is 0 Å². The van der Waals surface area contributed by atoms with Crippen molar-refractivity contribution in [2.45, 2.75) is 45.1 Å². The minimum absolute atomic E-state index is 0.0310. The van der Waals surface area contributed by atoms with E-state index < -0.39 is 5.41 Å². The van der Waals surface area contributed by atoms with Crippen LogP contribution in [0.15, 0.2) is 60.7 Å². The summed E-state index contributed by atoms with van der Waals surface area (Å²) in [7, 11) is 0. The number of carbonyl (C=O) groups excluding carboxylic acids is 1. The maximum Gasteiger partial charge on any atom is 0.246 e. The quantitative estimate of drug-likeness (QED) is 0.486. The minimum Gasteiger partial charge on any atom is -0.487 e. The molecular weight excluding hydrogens is 394 g/mol. The number of anilines is 2. The first-order chi connectivity index (χ1) is 14.2. The molecule has 0 spiro atoms. The molecule has 5 rings (SSSR count). The Labute approximate surface area is 182 Å². The van der Waals surface area contributed by atoms with Gasteiger partial charge in [0.15, 0.2) is 0 Å². The molecule has 1 atom stereocenters. The monoisotopic (exact) mass is 417 g/mol. The Morgan fingerprint density at radius 2 is 1.80 bits per heavy atom. The summed E-state index contributed by atoms with van der Waals surface area (Å²) in [6.45, 7) is 8.21. The van der Waals surface area contributed by atoms with Gasteiger partial charge >= 0.3 is 0 Å². The number of benzene rings is 3. The molecule has 0 saturated carbocycles. The first-order valence-corrected chi connectivity index (χ1v) is 10.6. The fourth-order valence-electron chi connectivity index (χ4n) is 4.77. The number of nitrogens with zero attached hydrogens (tertiary/aromatic N) is 1. The molecule has 0 fully saturated rings. The molecule has 2 aliphatic rings. The van der Waals surface area contributed by atoms with E-state index in [9.17, 15) is 4.79 Å². The Balaban J connectivity index is 1.69. The van der Waals surface area contributed by atoms with Crippen LogP contribution in [0.25, 0.3) is 0 Å². The van der Waals surface area contributed by atoms with Crippen molar-refractivity contribution < 1.29 is 9.53 Å². The number of hydrogen-bond acceptors (Lipinski definition) is 2. The summed E-state index contributed by atoms with van der Waals surface area (Å²) in [6.07, 6.45) is 0.824. The molecule has 0 radical (unpaired) electrons. The largest absolute Gasteiger partial charge is 0.487 e. The summed E-state index contributed by atoms with van der Waals surface area (Å²) in [4.78, 5) is 15.8. The van der Waals surface area contributed by atoms with Gasteiger partial charge in [0.1, 0.15) is 11.4 Å². The zero-order valence-corrected chi connectivity index (χ0v) is 18.4. The molecule has 152 valence electrons. The van der Waals surface area contributed by atoms with E-state index >= 15 is 0 Å². The van der Waals surface area contributed by atoms with Gasteiger partial charge in [0, 0.05) is 17.1 Å². The number of fused-ring (bicyclic) bond motifs is 2. The molecule has 2 heterocycles. The number of ether oxygens (including phenoxy) is 1. The van der Waals surface area contributed by atoms with Gasteiger partial charge < -0.3 is 4.74 Å². The first kappa shape index (κ1) is 19.2. The van der Waals surface area contributed by atoms with Gasteiger partial charge in [0.05, 0.1) is 11.1 Å². The van der Waals surface area contributed by atoms with Gasteiger partial charge in [0.2, 0.25) is 5.91 Å². The highest BCUT2D eigenvalue weighted by molar-refractivity contribution is 6.31. The lowest BCUT2D eigenvalue weighted by atomic mass is 9.76. The lowest BCUT2D eigenvalue weighted by Gasteiger charge is -2.26. The van der Waals surface area contributed by atoms with E-state index in [2.05, 4.69) is 19.9 Å². The van der Waals surface area contributed by atoms with Crippen LogP contribution in [0.5, 0.6) is 5.75 Å². The van der Waals surface area contributed by atoms with Crippen molar-refractivity contribution in [3.05, 3.63) is 87.9 Å². The van der Waals surface area contributed by atoms with Crippen LogP contribution >= 0.6 is 11.6 Å². The molecule has 3 nitrogen and oxygen atoms in total. The molecule has 30 heavy (non-hydrogen) atoms. The highest BCUT2D eigenvalue weighted by Crippen LogP contribution is 2.50. The summed E-state index contributed by atoms with van der Waals surface area (Å²) in [5, 5.41) is 0.629. The molecule has 0 aliphatic carbocycles. The van der Waals surface area contributed by atoms with Crippen molar-refractivity contribution in [3.8, 4) is 5.75 Å². The smallest absolute Gasteiger partial charge is 0.246 e. The van der Waals surface area contributed by atoms with E-state index in [1.165, 1.54) is 0 Å². The van der Waals surface area contributed by atoms with Crippen molar-refractivity contribution in [1.82, 2.24) is 0 Å². The first-order valence-electron chi connectivity index (χ1n) is 10.2. The second-order valence-corrected chi connectivity index (χ2v) is 9.56. The van der Waals surface area contributed by atoms with E-state index in [-0.39, 0.29) is 11.5 Å². The van der Waals surface area contributed by atoms with Gasteiger partial charge in [-0.25, -0.2) is 0 Å². The third-order valence-corrected chi connectivity index (χ3v) is 6.50. The Bertz CT molecular complexity index is 1200. The van der Waals surface area contributed by atoms with Crippen molar-refractivity contribution in [2.75, 3.05) is 4.90 Å². The zero-order valence-electron chi connectivity index (χ0n) is 17.6. The van der Waals surface area contributed by atoms with E-state index in [4.69, 9.17) is 16.3 Å². The topological polar surface area (TPSA) is 29.5 Å². The number of hydrogen-bond donors (Lipinski definition) is 0. The van der Waals surface area contributed by atoms with Crippen molar-refractivity contribution >= 4 is 28.9 Å². The summed E-state index contributed by atoms with van der Waals surface area (Å²) < 4.78 is 6.05. The average molecular weight is 418 g/mol. The molecule has 0 N–H and O–H groups in total. The molecule has 1 unspecified atom stereocenters. The van der Waals surface area contributed by atoms with Crippen LogP contribution in [0.2, 0.25) is 5.02 Å². The van der Waals surface area contributed by atoms with Gasteiger partial charge in [-0.05, 0) is 86.3 Å². The van der Waals surface area contributed by atoms with Crippen LogP contribution in [-0.4, -0.2) is 11.5 Å². The van der Waals surface area contributed by atoms with Crippen LogP contribution in [0, 0.1) is 6.92 Å². The standard InChI is InChI=1S/C26H24ClNO2/c1-16-6-5-7-20(12-16)28-22-10-9-19(27)14-21(22)26(4,24(28)29)18-8-11-23-17(13-18)15-25(2,3)30-23/h5-14H,15H2,1-4H3. The Morgan fingerprint density at radius 1 is 1.00 bits per heavy atom. The van der Waals surface area contributed by atoms with E-state index in [0.29, 0.717) is 5.02 Å². The Hall–Kier alpha value is -2.78. The summed E-state index contributed by atoms with van der Waals surface area (Å²) in [6, 6.07) is 19.9. The average Bonchev–Trinajstić information content (AvgIpc) is 3.12.